The molecule has 0 fully saturated rings. The van der Waals surface area contributed by atoms with Gasteiger partial charge in [0.05, 0.1) is 17.9 Å². The minimum absolute atomic E-state index is 0.271. The molecule has 3 nitrogen and oxygen atoms in total. The quantitative estimate of drug-likeness (QED) is 0.723. The lowest BCUT2D eigenvalue weighted by atomic mass is 10.2. The fourth-order valence-corrected chi connectivity index (χ4v) is 1.43. The smallest absolute Gasteiger partial charge is 0.132 e. The SMILES string of the molecule is CC(C)c1ncc2ccc(O)cn12. The van der Waals surface area contributed by atoms with E-state index in [0.717, 1.165) is 11.3 Å². The van der Waals surface area contributed by atoms with Gasteiger partial charge in [-0.25, -0.2) is 4.98 Å². The van der Waals surface area contributed by atoms with Crippen molar-refractivity contribution < 1.29 is 5.11 Å². The first kappa shape index (κ1) is 8.10. The summed E-state index contributed by atoms with van der Waals surface area (Å²) in [6.45, 7) is 4.16. The van der Waals surface area contributed by atoms with Crippen molar-refractivity contribution >= 4 is 5.52 Å². The van der Waals surface area contributed by atoms with Crippen molar-refractivity contribution in [2.75, 3.05) is 0 Å². The topological polar surface area (TPSA) is 37.5 Å². The van der Waals surface area contributed by atoms with Crippen molar-refractivity contribution in [2.45, 2.75) is 19.8 Å². The van der Waals surface area contributed by atoms with Crippen LogP contribution < -0.4 is 0 Å². The van der Waals surface area contributed by atoms with Gasteiger partial charge in [-0.1, -0.05) is 13.8 Å². The Kier molecular flexibility index (Phi) is 1.72. The van der Waals surface area contributed by atoms with Crippen LogP contribution >= 0.6 is 0 Å². The van der Waals surface area contributed by atoms with E-state index in [1.807, 2.05) is 16.7 Å². The fraction of sp³-hybridized carbons (Fsp3) is 0.300. The zero-order valence-electron chi connectivity index (χ0n) is 7.73. The third-order valence-corrected chi connectivity index (χ3v) is 2.06. The monoisotopic (exact) mass is 176 g/mol. The van der Waals surface area contributed by atoms with Crippen LogP contribution in [0.1, 0.15) is 25.6 Å². The van der Waals surface area contributed by atoms with Crippen LogP contribution in [0, 0.1) is 0 Å². The van der Waals surface area contributed by atoms with Gasteiger partial charge < -0.3 is 5.11 Å². The lowest BCUT2D eigenvalue weighted by Crippen LogP contribution is -1.95. The largest absolute Gasteiger partial charge is 0.506 e. The number of aromatic nitrogens is 2. The van der Waals surface area contributed by atoms with Crippen molar-refractivity contribution in [2.24, 2.45) is 0 Å². The van der Waals surface area contributed by atoms with E-state index in [4.69, 9.17) is 0 Å². The Morgan fingerprint density at radius 2 is 2.15 bits per heavy atom. The molecule has 2 aromatic heterocycles. The molecule has 13 heavy (non-hydrogen) atoms. The van der Waals surface area contributed by atoms with Gasteiger partial charge in [0.15, 0.2) is 0 Å². The Morgan fingerprint density at radius 1 is 1.38 bits per heavy atom. The molecule has 0 unspecified atom stereocenters. The highest BCUT2D eigenvalue weighted by Gasteiger charge is 2.06. The summed E-state index contributed by atoms with van der Waals surface area (Å²) in [6.07, 6.45) is 3.51. The van der Waals surface area contributed by atoms with Gasteiger partial charge >= 0.3 is 0 Å². The summed E-state index contributed by atoms with van der Waals surface area (Å²) in [5.41, 5.74) is 1.02. The summed E-state index contributed by atoms with van der Waals surface area (Å²) in [6, 6.07) is 3.52. The molecule has 2 heterocycles. The van der Waals surface area contributed by atoms with Crippen molar-refractivity contribution in [1.29, 1.82) is 0 Å². The third-order valence-electron chi connectivity index (χ3n) is 2.06. The first-order valence-corrected chi connectivity index (χ1v) is 4.34. The Bertz CT molecular complexity index is 431. The summed E-state index contributed by atoms with van der Waals surface area (Å²) in [7, 11) is 0. The van der Waals surface area contributed by atoms with Crippen LogP contribution in [0.25, 0.3) is 5.52 Å². The predicted octanol–water partition coefficient (Wildman–Crippen LogP) is 2.16. The van der Waals surface area contributed by atoms with Gasteiger partial charge in [-0.2, -0.15) is 0 Å². The number of pyridine rings is 1. The standard InChI is InChI=1S/C10H12N2O/c1-7(2)10-11-5-8-3-4-9(13)6-12(8)10/h3-7,13H,1-2H3. The lowest BCUT2D eigenvalue weighted by Gasteiger charge is -2.03. The second-order valence-corrected chi connectivity index (χ2v) is 3.45. The molecule has 0 aliphatic heterocycles. The Labute approximate surface area is 76.7 Å². The highest BCUT2D eigenvalue weighted by atomic mass is 16.3. The normalized spacial score (nSPS) is 11.3. The van der Waals surface area contributed by atoms with E-state index in [-0.39, 0.29) is 5.75 Å². The summed E-state index contributed by atoms with van der Waals surface area (Å²) >= 11 is 0. The number of aromatic hydroxyl groups is 1. The van der Waals surface area contributed by atoms with Gasteiger partial charge in [0.2, 0.25) is 0 Å². The molecule has 0 aliphatic rings. The van der Waals surface area contributed by atoms with E-state index >= 15 is 0 Å². The maximum Gasteiger partial charge on any atom is 0.132 e. The maximum atomic E-state index is 9.31. The number of imidazole rings is 1. The highest BCUT2D eigenvalue weighted by molar-refractivity contribution is 5.48. The Hall–Kier alpha value is -1.51. The second kappa shape index (κ2) is 2.76. The van der Waals surface area contributed by atoms with Crippen molar-refractivity contribution in [3.8, 4) is 5.75 Å². The van der Waals surface area contributed by atoms with Crippen LogP contribution in [0.4, 0.5) is 0 Å². The van der Waals surface area contributed by atoms with Crippen LogP contribution in [0.2, 0.25) is 0 Å². The average molecular weight is 176 g/mol. The van der Waals surface area contributed by atoms with Crippen molar-refractivity contribution in [3.63, 3.8) is 0 Å². The summed E-state index contributed by atoms with van der Waals surface area (Å²) < 4.78 is 1.92. The first-order valence-electron chi connectivity index (χ1n) is 4.34. The third kappa shape index (κ3) is 1.26. The average Bonchev–Trinajstić information content (AvgIpc) is 2.46. The molecular weight excluding hydrogens is 164 g/mol. The second-order valence-electron chi connectivity index (χ2n) is 3.45. The molecule has 0 radical (unpaired) electrons. The molecule has 1 N–H and O–H groups in total. The van der Waals surface area contributed by atoms with E-state index in [9.17, 15) is 5.11 Å². The fourth-order valence-electron chi connectivity index (χ4n) is 1.43. The van der Waals surface area contributed by atoms with E-state index in [0.29, 0.717) is 5.92 Å². The van der Waals surface area contributed by atoms with Gasteiger partial charge in [0.25, 0.3) is 0 Å². The first-order chi connectivity index (χ1) is 6.18. The van der Waals surface area contributed by atoms with Gasteiger partial charge in [-0.3, -0.25) is 4.40 Å². The molecule has 0 saturated carbocycles. The maximum absolute atomic E-state index is 9.31. The molecule has 0 bridgehead atoms. The van der Waals surface area contributed by atoms with E-state index in [1.54, 1.807) is 12.3 Å². The summed E-state index contributed by atoms with van der Waals surface area (Å²) in [5.74, 6) is 1.61. The Balaban J connectivity index is 2.71. The number of hydrogen-bond acceptors (Lipinski definition) is 2. The van der Waals surface area contributed by atoms with Gasteiger partial charge in [-0.05, 0) is 12.1 Å². The van der Waals surface area contributed by atoms with Gasteiger partial charge in [0.1, 0.15) is 11.6 Å². The van der Waals surface area contributed by atoms with E-state index < -0.39 is 0 Å². The van der Waals surface area contributed by atoms with E-state index in [2.05, 4.69) is 18.8 Å². The molecule has 0 saturated heterocycles. The highest BCUT2D eigenvalue weighted by Crippen LogP contribution is 2.18. The van der Waals surface area contributed by atoms with Crippen LogP contribution in [-0.4, -0.2) is 14.5 Å². The van der Waals surface area contributed by atoms with Gasteiger partial charge in [-0.15, -0.1) is 0 Å². The molecule has 68 valence electrons. The molecule has 0 aliphatic carbocycles. The van der Waals surface area contributed by atoms with Crippen molar-refractivity contribution in [1.82, 2.24) is 9.38 Å². The zero-order valence-corrected chi connectivity index (χ0v) is 7.73. The van der Waals surface area contributed by atoms with E-state index in [1.165, 1.54) is 0 Å². The minimum atomic E-state index is 0.271. The van der Waals surface area contributed by atoms with Crippen molar-refractivity contribution in [3.05, 3.63) is 30.4 Å². The molecular formula is C10H12N2O. The molecule has 0 amide bonds. The zero-order chi connectivity index (χ0) is 9.42. The molecule has 0 aromatic carbocycles. The minimum Gasteiger partial charge on any atom is -0.506 e. The summed E-state index contributed by atoms with van der Waals surface area (Å²) in [4.78, 5) is 4.29. The Morgan fingerprint density at radius 3 is 2.85 bits per heavy atom. The molecule has 0 spiro atoms. The number of nitrogens with zero attached hydrogens (tertiary/aromatic N) is 2. The van der Waals surface area contributed by atoms with Crippen LogP contribution in [0.15, 0.2) is 24.5 Å². The number of rotatable bonds is 1. The van der Waals surface area contributed by atoms with Crippen LogP contribution in [0.5, 0.6) is 5.75 Å². The number of fused-ring (bicyclic) bond motifs is 1. The lowest BCUT2D eigenvalue weighted by molar-refractivity contribution is 0.471. The van der Waals surface area contributed by atoms with Gasteiger partial charge in [0, 0.05) is 5.92 Å². The number of hydrogen-bond donors (Lipinski definition) is 1. The molecule has 3 heteroatoms. The van der Waals surface area contributed by atoms with Crippen LogP contribution in [-0.2, 0) is 0 Å². The molecule has 2 rings (SSSR count). The molecule has 0 atom stereocenters. The van der Waals surface area contributed by atoms with Crippen LogP contribution in [0.3, 0.4) is 0 Å². The summed E-state index contributed by atoms with van der Waals surface area (Å²) in [5, 5.41) is 9.31. The molecule has 2 aromatic rings. The predicted molar refractivity (Wildman–Crippen MR) is 50.9 cm³/mol.